The second-order valence-corrected chi connectivity index (χ2v) is 4.43. The number of rotatable bonds is 2. The van der Waals surface area contributed by atoms with Crippen LogP contribution < -0.4 is 5.73 Å². The third kappa shape index (κ3) is 1.43. The molecule has 78 valence electrons. The SMILES string of the molecule is NCc1nc(C2CC2)n2ccc(Cl)cc12. The van der Waals surface area contributed by atoms with Crippen molar-refractivity contribution in [3.63, 3.8) is 0 Å². The Balaban J connectivity index is 2.28. The molecule has 0 aliphatic heterocycles. The van der Waals surface area contributed by atoms with Crippen LogP contribution >= 0.6 is 11.6 Å². The average Bonchev–Trinajstić information content (AvgIpc) is 3.01. The summed E-state index contributed by atoms with van der Waals surface area (Å²) in [5.41, 5.74) is 7.67. The van der Waals surface area contributed by atoms with Gasteiger partial charge in [0.15, 0.2) is 0 Å². The zero-order chi connectivity index (χ0) is 10.4. The Morgan fingerprint density at radius 2 is 2.33 bits per heavy atom. The van der Waals surface area contributed by atoms with Gasteiger partial charge in [0.25, 0.3) is 0 Å². The summed E-state index contributed by atoms with van der Waals surface area (Å²) in [5.74, 6) is 1.76. The Morgan fingerprint density at radius 1 is 1.53 bits per heavy atom. The average molecular weight is 222 g/mol. The van der Waals surface area contributed by atoms with Crippen molar-refractivity contribution in [3.05, 3.63) is 34.9 Å². The van der Waals surface area contributed by atoms with E-state index in [2.05, 4.69) is 9.38 Å². The molecule has 0 radical (unpaired) electrons. The molecule has 0 spiro atoms. The summed E-state index contributed by atoms with van der Waals surface area (Å²) < 4.78 is 2.12. The molecule has 2 aromatic heterocycles. The summed E-state index contributed by atoms with van der Waals surface area (Å²) in [6.45, 7) is 0.469. The molecule has 0 atom stereocenters. The molecule has 0 bridgehead atoms. The number of imidazole rings is 1. The number of nitrogens with zero attached hydrogens (tertiary/aromatic N) is 2. The zero-order valence-corrected chi connectivity index (χ0v) is 9.04. The summed E-state index contributed by atoms with van der Waals surface area (Å²) in [4.78, 5) is 4.59. The molecule has 0 unspecified atom stereocenters. The molecule has 3 rings (SSSR count). The number of fused-ring (bicyclic) bond motifs is 1. The maximum Gasteiger partial charge on any atom is 0.116 e. The van der Waals surface area contributed by atoms with Crippen molar-refractivity contribution in [3.8, 4) is 0 Å². The highest BCUT2D eigenvalue weighted by Crippen LogP contribution is 2.40. The van der Waals surface area contributed by atoms with E-state index in [1.807, 2.05) is 18.3 Å². The van der Waals surface area contributed by atoms with Crippen LogP contribution in [0.15, 0.2) is 18.3 Å². The predicted octanol–water partition coefficient (Wildman–Crippen LogP) is 2.32. The molecule has 2 aromatic rings. The lowest BCUT2D eigenvalue weighted by Gasteiger charge is -1.99. The van der Waals surface area contributed by atoms with E-state index in [0.29, 0.717) is 12.5 Å². The predicted molar refractivity (Wildman–Crippen MR) is 60.1 cm³/mol. The van der Waals surface area contributed by atoms with Crippen LogP contribution in [0.2, 0.25) is 5.02 Å². The molecule has 0 saturated heterocycles. The lowest BCUT2D eigenvalue weighted by Crippen LogP contribution is -1.97. The van der Waals surface area contributed by atoms with Gasteiger partial charge in [-0.2, -0.15) is 0 Å². The van der Waals surface area contributed by atoms with E-state index in [1.165, 1.54) is 12.8 Å². The smallest absolute Gasteiger partial charge is 0.116 e. The summed E-state index contributed by atoms with van der Waals surface area (Å²) in [7, 11) is 0. The molecular weight excluding hydrogens is 210 g/mol. The third-order valence-corrected chi connectivity index (χ3v) is 3.08. The van der Waals surface area contributed by atoms with Gasteiger partial charge in [-0.25, -0.2) is 4.98 Å². The fourth-order valence-electron chi connectivity index (χ4n) is 1.93. The zero-order valence-electron chi connectivity index (χ0n) is 8.28. The first-order valence-electron chi connectivity index (χ1n) is 5.16. The van der Waals surface area contributed by atoms with Crippen molar-refractivity contribution >= 4 is 17.1 Å². The normalized spacial score (nSPS) is 16.1. The van der Waals surface area contributed by atoms with Gasteiger partial charge in [-0.15, -0.1) is 0 Å². The molecule has 1 fully saturated rings. The van der Waals surface area contributed by atoms with Gasteiger partial charge < -0.3 is 10.1 Å². The summed E-state index contributed by atoms with van der Waals surface area (Å²) in [6, 6.07) is 3.82. The van der Waals surface area contributed by atoms with Crippen LogP contribution in [0.1, 0.15) is 30.3 Å². The van der Waals surface area contributed by atoms with E-state index < -0.39 is 0 Å². The van der Waals surface area contributed by atoms with Crippen molar-refractivity contribution in [1.29, 1.82) is 0 Å². The monoisotopic (exact) mass is 221 g/mol. The number of hydrogen-bond donors (Lipinski definition) is 1. The molecule has 0 amide bonds. The number of hydrogen-bond acceptors (Lipinski definition) is 2. The van der Waals surface area contributed by atoms with Gasteiger partial charge in [-0.3, -0.25) is 0 Å². The number of pyridine rings is 1. The number of nitrogens with two attached hydrogens (primary N) is 1. The van der Waals surface area contributed by atoms with Gasteiger partial charge in [0.05, 0.1) is 11.2 Å². The second-order valence-electron chi connectivity index (χ2n) is 4.00. The maximum absolute atomic E-state index is 5.97. The van der Waals surface area contributed by atoms with Crippen LogP contribution in [0.5, 0.6) is 0 Å². The fraction of sp³-hybridized carbons (Fsp3) is 0.364. The minimum atomic E-state index is 0.469. The number of aromatic nitrogens is 2. The Bertz CT molecular complexity index is 514. The highest BCUT2D eigenvalue weighted by atomic mass is 35.5. The quantitative estimate of drug-likeness (QED) is 0.846. The van der Waals surface area contributed by atoms with Crippen LogP contribution in [0.3, 0.4) is 0 Å². The molecular formula is C11H12ClN3. The molecule has 0 aromatic carbocycles. The van der Waals surface area contributed by atoms with E-state index in [1.54, 1.807) is 0 Å². The molecule has 3 nitrogen and oxygen atoms in total. The van der Waals surface area contributed by atoms with Gasteiger partial charge >= 0.3 is 0 Å². The van der Waals surface area contributed by atoms with Gasteiger partial charge in [-0.1, -0.05) is 11.6 Å². The van der Waals surface area contributed by atoms with Crippen LogP contribution in [0.4, 0.5) is 0 Å². The first-order valence-corrected chi connectivity index (χ1v) is 5.54. The molecule has 1 saturated carbocycles. The Hall–Kier alpha value is -1.06. The first-order chi connectivity index (χ1) is 7.29. The molecule has 1 aliphatic rings. The van der Waals surface area contributed by atoms with E-state index in [4.69, 9.17) is 17.3 Å². The van der Waals surface area contributed by atoms with E-state index in [9.17, 15) is 0 Å². The van der Waals surface area contributed by atoms with E-state index in [-0.39, 0.29) is 0 Å². The van der Waals surface area contributed by atoms with Gasteiger partial charge in [0.2, 0.25) is 0 Å². The first kappa shape index (κ1) is 9.19. The van der Waals surface area contributed by atoms with Crippen molar-refractivity contribution in [2.24, 2.45) is 5.73 Å². The van der Waals surface area contributed by atoms with Gasteiger partial charge in [0.1, 0.15) is 5.82 Å². The van der Waals surface area contributed by atoms with E-state index in [0.717, 1.165) is 22.1 Å². The standard InChI is InChI=1S/C11H12ClN3/c12-8-3-4-15-10(5-8)9(6-13)14-11(15)7-1-2-7/h3-5,7H,1-2,6,13H2. The van der Waals surface area contributed by atoms with Crippen LogP contribution in [0.25, 0.3) is 5.52 Å². The van der Waals surface area contributed by atoms with E-state index >= 15 is 0 Å². The van der Waals surface area contributed by atoms with Crippen molar-refractivity contribution < 1.29 is 0 Å². The van der Waals surface area contributed by atoms with Crippen LogP contribution in [-0.4, -0.2) is 9.38 Å². The number of halogens is 1. The fourth-order valence-corrected chi connectivity index (χ4v) is 2.09. The summed E-state index contributed by atoms with van der Waals surface area (Å²) in [5, 5.41) is 0.736. The van der Waals surface area contributed by atoms with Gasteiger partial charge in [-0.05, 0) is 25.0 Å². The summed E-state index contributed by atoms with van der Waals surface area (Å²) >= 11 is 5.97. The van der Waals surface area contributed by atoms with Crippen molar-refractivity contribution in [2.75, 3.05) is 0 Å². The Morgan fingerprint density at radius 3 is 3.00 bits per heavy atom. The molecule has 1 aliphatic carbocycles. The summed E-state index contributed by atoms with van der Waals surface area (Å²) in [6.07, 6.45) is 4.47. The largest absolute Gasteiger partial charge is 0.325 e. The maximum atomic E-state index is 5.97. The van der Waals surface area contributed by atoms with Gasteiger partial charge in [0, 0.05) is 23.7 Å². The lowest BCUT2D eigenvalue weighted by molar-refractivity contribution is 0.904. The van der Waals surface area contributed by atoms with Crippen LogP contribution in [0, 0.1) is 0 Å². The van der Waals surface area contributed by atoms with Crippen LogP contribution in [-0.2, 0) is 6.54 Å². The molecule has 2 N–H and O–H groups in total. The Kier molecular flexibility index (Phi) is 1.97. The third-order valence-electron chi connectivity index (χ3n) is 2.84. The van der Waals surface area contributed by atoms with Crippen molar-refractivity contribution in [2.45, 2.75) is 25.3 Å². The molecule has 2 heterocycles. The highest BCUT2D eigenvalue weighted by molar-refractivity contribution is 6.30. The highest BCUT2D eigenvalue weighted by Gasteiger charge is 2.28. The molecule has 4 heteroatoms. The molecule has 15 heavy (non-hydrogen) atoms. The Labute approximate surface area is 92.9 Å². The minimum absolute atomic E-state index is 0.469. The topological polar surface area (TPSA) is 43.3 Å². The minimum Gasteiger partial charge on any atom is -0.325 e. The van der Waals surface area contributed by atoms with Crippen molar-refractivity contribution in [1.82, 2.24) is 9.38 Å². The second kappa shape index (κ2) is 3.22. The lowest BCUT2D eigenvalue weighted by atomic mass is 10.3.